The fraction of sp³-hybridized carbons (Fsp3) is 0.600. The van der Waals surface area contributed by atoms with Crippen LogP contribution in [0.15, 0.2) is 12.1 Å². The second kappa shape index (κ2) is 7.98. The van der Waals surface area contributed by atoms with Gasteiger partial charge in [0.15, 0.2) is 11.5 Å². The first kappa shape index (κ1) is 18.5. The second-order valence-electron chi connectivity index (χ2n) is 6.92. The van der Waals surface area contributed by atoms with Crippen molar-refractivity contribution in [3.8, 4) is 11.5 Å². The number of ether oxygens (including phenoxy) is 4. The lowest BCUT2D eigenvalue weighted by molar-refractivity contribution is -0.160. The Bertz CT molecular complexity index is 683. The molecule has 1 heterocycles. The molecule has 1 aliphatic carbocycles. The quantitative estimate of drug-likeness (QED) is 0.724. The molecule has 3 rings (SSSR count). The van der Waals surface area contributed by atoms with Crippen LogP contribution < -0.4 is 9.47 Å². The lowest BCUT2D eigenvalue weighted by atomic mass is 9.69. The fourth-order valence-corrected chi connectivity index (χ4v) is 3.70. The van der Waals surface area contributed by atoms with E-state index in [0.29, 0.717) is 31.1 Å². The van der Waals surface area contributed by atoms with E-state index in [1.165, 1.54) is 0 Å². The van der Waals surface area contributed by atoms with E-state index in [1.54, 1.807) is 0 Å². The molecular weight excluding hydrogens is 336 g/mol. The average molecular weight is 362 g/mol. The molecular formula is C20H26O6. The predicted molar refractivity (Wildman–Crippen MR) is 94.2 cm³/mol. The molecule has 1 aromatic rings. The van der Waals surface area contributed by atoms with Crippen molar-refractivity contribution >= 4 is 11.9 Å². The molecule has 0 bridgehead atoms. The molecule has 3 atom stereocenters. The summed E-state index contributed by atoms with van der Waals surface area (Å²) in [4.78, 5) is 25.6. The average Bonchev–Trinajstić information content (AvgIpc) is 3.08. The minimum Gasteiger partial charge on any atom is -0.465 e. The van der Waals surface area contributed by atoms with Gasteiger partial charge in [-0.25, -0.2) is 0 Å². The maximum absolute atomic E-state index is 12.9. The van der Waals surface area contributed by atoms with Crippen molar-refractivity contribution in [2.75, 3.05) is 20.0 Å². The number of hydrogen-bond acceptors (Lipinski definition) is 6. The Morgan fingerprint density at radius 3 is 2.31 bits per heavy atom. The van der Waals surface area contributed by atoms with Crippen molar-refractivity contribution in [3.63, 3.8) is 0 Å². The first-order chi connectivity index (χ1) is 12.6. The molecule has 0 saturated carbocycles. The van der Waals surface area contributed by atoms with Gasteiger partial charge in [-0.1, -0.05) is 20.8 Å². The summed E-state index contributed by atoms with van der Waals surface area (Å²) >= 11 is 0. The number of hydrogen-bond donors (Lipinski definition) is 0. The van der Waals surface area contributed by atoms with E-state index < -0.39 is 11.8 Å². The standard InChI is InChI=1S/C20H26O6/c1-4-6-23-19(21)17-12(3)8-13-9-15-16(26-11-25-15)10-14(13)18(17)20(22)24-7-5-2/h9-10,12,17-18H,4-8,11H2,1-3H3/t12-,17-,18+/m0/s1. The summed E-state index contributed by atoms with van der Waals surface area (Å²) in [6.45, 7) is 6.72. The molecule has 1 aromatic carbocycles. The fourth-order valence-electron chi connectivity index (χ4n) is 3.70. The maximum atomic E-state index is 12.9. The third-order valence-electron chi connectivity index (χ3n) is 4.91. The first-order valence-electron chi connectivity index (χ1n) is 9.32. The number of rotatable bonds is 6. The van der Waals surface area contributed by atoms with E-state index in [0.717, 1.165) is 24.0 Å². The summed E-state index contributed by atoms with van der Waals surface area (Å²) in [5, 5.41) is 0. The highest BCUT2D eigenvalue weighted by Crippen LogP contribution is 2.46. The molecule has 0 spiro atoms. The van der Waals surface area contributed by atoms with Crippen LogP contribution in [0, 0.1) is 11.8 Å². The van der Waals surface area contributed by atoms with E-state index in [2.05, 4.69) is 0 Å². The van der Waals surface area contributed by atoms with Gasteiger partial charge >= 0.3 is 11.9 Å². The minimum absolute atomic E-state index is 0.0357. The SMILES string of the molecule is CCCOC(=O)[C@@H]1[C@H](C(=O)OCCC)c2cc3c(cc2C[C@@H]1C)OCO3. The van der Waals surface area contributed by atoms with Gasteiger partial charge in [-0.15, -0.1) is 0 Å². The zero-order valence-electron chi connectivity index (χ0n) is 15.6. The van der Waals surface area contributed by atoms with Crippen molar-refractivity contribution < 1.29 is 28.5 Å². The molecule has 142 valence electrons. The normalized spacial score (nSPS) is 23.3. The summed E-state index contributed by atoms with van der Waals surface area (Å²) in [6, 6.07) is 3.74. The van der Waals surface area contributed by atoms with Crippen molar-refractivity contribution in [1.82, 2.24) is 0 Å². The van der Waals surface area contributed by atoms with Crippen LogP contribution in [0.25, 0.3) is 0 Å². The van der Waals surface area contributed by atoms with Gasteiger partial charge < -0.3 is 18.9 Å². The van der Waals surface area contributed by atoms with Crippen molar-refractivity contribution in [2.24, 2.45) is 11.8 Å². The molecule has 6 nitrogen and oxygen atoms in total. The predicted octanol–water partition coefficient (Wildman–Crippen LogP) is 3.21. The van der Waals surface area contributed by atoms with Crippen molar-refractivity contribution in [3.05, 3.63) is 23.3 Å². The molecule has 0 saturated heterocycles. The van der Waals surface area contributed by atoms with Crippen LogP contribution in [0.3, 0.4) is 0 Å². The molecule has 6 heteroatoms. The number of fused-ring (bicyclic) bond motifs is 2. The van der Waals surface area contributed by atoms with Crippen molar-refractivity contribution in [2.45, 2.75) is 46.0 Å². The smallest absolute Gasteiger partial charge is 0.314 e. The van der Waals surface area contributed by atoms with Gasteiger partial charge in [0.2, 0.25) is 6.79 Å². The molecule has 26 heavy (non-hydrogen) atoms. The van der Waals surface area contributed by atoms with Crippen LogP contribution in [0.2, 0.25) is 0 Å². The number of carbonyl (C=O) groups is 2. The second-order valence-corrected chi connectivity index (χ2v) is 6.92. The third kappa shape index (κ3) is 3.50. The first-order valence-corrected chi connectivity index (χ1v) is 9.32. The largest absolute Gasteiger partial charge is 0.465 e. The van der Waals surface area contributed by atoms with Crippen molar-refractivity contribution in [1.29, 1.82) is 0 Å². The number of benzene rings is 1. The number of esters is 2. The highest BCUT2D eigenvalue weighted by molar-refractivity contribution is 5.88. The van der Waals surface area contributed by atoms with Gasteiger partial charge in [0, 0.05) is 0 Å². The summed E-state index contributed by atoms with van der Waals surface area (Å²) < 4.78 is 21.7. The van der Waals surface area contributed by atoms with Gasteiger partial charge in [0.1, 0.15) is 0 Å². The molecule has 2 aliphatic rings. The monoisotopic (exact) mass is 362 g/mol. The summed E-state index contributed by atoms with van der Waals surface area (Å²) in [6.07, 6.45) is 2.15. The number of carbonyl (C=O) groups excluding carboxylic acids is 2. The summed E-state index contributed by atoms with van der Waals surface area (Å²) in [5.74, 6) is -0.696. The van der Waals surface area contributed by atoms with Gasteiger partial charge in [-0.2, -0.15) is 0 Å². The summed E-state index contributed by atoms with van der Waals surface area (Å²) in [7, 11) is 0. The highest BCUT2D eigenvalue weighted by atomic mass is 16.7. The molecule has 0 unspecified atom stereocenters. The van der Waals surface area contributed by atoms with E-state index in [-0.39, 0.29) is 24.6 Å². The van der Waals surface area contributed by atoms with Gasteiger partial charge in [0.05, 0.1) is 25.0 Å². The third-order valence-corrected chi connectivity index (χ3v) is 4.91. The topological polar surface area (TPSA) is 71.1 Å². The molecule has 0 fully saturated rings. The zero-order chi connectivity index (χ0) is 18.7. The van der Waals surface area contributed by atoms with E-state index in [4.69, 9.17) is 18.9 Å². The zero-order valence-corrected chi connectivity index (χ0v) is 15.6. The molecule has 0 radical (unpaired) electrons. The van der Waals surface area contributed by atoms with E-state index >= 15 is 0 Å². The van der Waals surface area contributed by atoms with Gasteiger partial charge in [-0.3, -0.25) is 9.59 Å². The van der Waals surface area contributed by atoms with Crippen LogP contribution >= 0.6 is 0 Å². The lowest BCUT2D eigenvalue weighted by Crippen LogP contribution is -2.39. The Hall–Kier alpha value is -2.24. The molecule has 0 amide bonds. The van der Waals surface area contributed by atoms with E-state index in [9.17, 15) is 9.59 Å². The van der Waals surface area contributed by atoms with Gasteiger partial charge in [-0.05, 0) is 48.4 Å². The summed E-state index contributed by atoms with van der Waals surface area (Å²) in [5.41, 5.74) is 1.78. The highest BCUT2D eigenvalue weighted by Gasteiger charge is 2.45. The Balaban J connectivity index is 1.99. The lowest BCUT2D eigenvalue weighted by Gasteiger charge is -2.35. The van der Waals surface area contributed by atoms with Crippen LogP contribution in [-0.4, -0.2) is 31.9 Å². The minimum atomic E-state index is -0.681. The van der Waals surface area contributed by atoms with Gasteiger partial charge in [0.25, 0.3) is 0 Å². The molecule has 1 aliphatic heterocycles. The Kier molecular flexibility index (Phi) is 5.69. The van der Waals surface area contributed by atoms with Crippen LogP contribution in [0.4, 0.5) is 0 Å². The van der Waals surface area contributed by atoms with E-state index in [1.807, 2.05) is 32.9 Å². The maximum Gasteiger partial charge on any atom is 0.314 e. The van der Waals surface area contributed by atoms with Crippen LogP contribution in [0.1, 0.15) is 50.7 Å². The molecule has 0 N–H and O–H groups in total. The van der Waals surface area contributed by atoms with Crippen LogP contribution in [-0.2, 0) is 25.5 Å². The molecule has 0 aromatic heterocycles. The Morgan fingerprint density at radius 2 is 1.65 bits per heavy atom. The Morgan fingerprint density at radius 1 is 1.04 bits per heavy atom. The Labute approximate surface area is 153 Å². The van der Waals surface area contributed by atoms with Crippen LogP contribution in [0.5, 0.6) is 11.5 Å².